The van der Waals surface area contributed by atoms with Gasteiger partial charge in [0.25, 0.3) is 0 Å². The number of anilines is 2. The molecule has 1 saturated heterocycles. The molecule has 0 unspecified atom stereocenters. The molecule has 2 fully saturated rings. The van der Waals surface area contributed by atoms with Crippen LogP contribution in [0.15, 0.2) is 47.6 Å². The lowest BCUT2D eigenvalue weighted by atomic mass is 9.95. The molecule has 4 rings (SSSR count). The first-order valence-electron chi connectivity index (χ1n) is 12.1. The zero-order valence-corrected chi connectivity index (χ0v) is 20.0. The van der Waals surface area contributed by atoms with Crippen molar-refractivity contribution in [3.05, 3.63) is 48.3 Å². The summed E-state index contributed by atoms with van der Waals surface area (Å²) in [5, 5.41) is 10.4. The van der Waals surface area contributed by atoms with Crippen molar-refractivity contribution < 1.29 is 8.42 Å². The number of sulfonamides is 1. The Morgan fingerprint density at radius 1 is 1.00 bits per heavy atom. The monoisotopic (exact) mass is 472 g/mol. The van der Waals surface area contributed by atoms with Gasteiger partial charge in [0.15, 0.2) is 0 Å². The van der Waals surface area contributed by atoms with E-state index in [-0.39, 0.29) is 4.90 Å². The van der Waals surface area contributed by atoms with E-state index in [4.69, 9.17) is 0 Å². The molecule has 8 nitrogen and oxygen atoms in total. The Morgan fingerprint density at radius 3 is 2.52 bits per heavy atom. The molecule has 0 atom stereocenters. The van der Waals surface area contributed by atoms with E-state index in [1.807, 2.05) is 18.2 Å². The van der Waals surface area contributed by atoms with Crippen molar-refractivity contribution in [3.8, 4) is 0 Å². The Hall–Kier alpha value is -2.20. The molecule has 1 saturated carbocycles. The first-order chi connectivity index (χ1) is 16.1. The van der Waals surface area contributed by atoms with Crippen LogP contribution >= 0.6 is 0 Å². The van der Waals surface area contributed by atoms with Gasteiger partial charge in [-0.25, -0.2) is 13.1 Å². The molecule has 0 bridgehead atoms. The Labute approximate surface area is 197 Å². The van der Waals surface area contributed by atoms with Crippen molar-refractivity contribution in [2.45, 2.75) is 49.6 Å². The van der Waals surface area contributed by atoms with Crippen molar-refractivity contribution in [2.24, 2.45) is 0 Å². The van der Waals surface area contributed by atoms with Crippen LogP contribution in [-0.2, 0) is 16.6 Å². The van der Waals surface area contributed by atoms with E-state index in [2.05, 4.69) is 30.6 Å². The second kappa shape index (κ2) is 11.8. The van der Waals surface area contributed by atoms with E-state index in [9.17, 15) is 8.42 Å². The third-order valence-electron chi connectivity index (χ3n) is 6.43. The quantitative estimate of drug-likeness (QED) is 0.422. The highest BCUT2D eigenvalue weighted by atomic mass is 32.2. The SMILES string of the molecule is O=S(=O)(NCCN1CCNCC1)c1ccc(NC2CCCCC2)c(NCc2ccncc2)c1. The van der Waals surface area contributed by atoms with Crippen LogP contribution in [0.4, 0.5) is 11.4 Å². The predicted molar refractivity (Wildman–Crippen MR) is 133 cm³/mol. The maximum atomic E-state index is 13.0. The maximum absolute atomic E-state index is 13.0. The average molecular weight is 473 g/mol. The van der Waals surface area contributed by atoms with Crippen LogP contribution in [0.2, 0.25) is 0 Å². The third kappa shape index (κ3) is 7.14. The molecule has 1 aliphatic carbocycles. The molecule has 1 aromatic heterocycles. The summed E-state index contributed by atoms with van der Waals surface area (Å²) in [7, 11) is -3.59. The van der Waals surface area contributed by atoms with Gasteiger partial charge in [-0.15, -0.1) is 0 Å². The number of piperazine rings is 1. The van der Waals surface area contributed by atoms with Crippen molar-refractivity contribution in [1.29, 1.82) is 0 Å². The summed E-state index contributed by atoms with van der Waals surface area (Å²) < 4.78 is 28.8. The fourth-order valence-electron chi connectivity index (χ4n) is 4.48. The molecule has 1 aliphatic heterocycles. The molecule has 2 heterocycles. The van der Waals surface area contributed by atoms with Gasteiger partial charge < -0.3 is 16.0 Å². The summed E-state index contributed by atoms with van der Waals surface area (Å²) in [5.74, 6) is 0. The molecule has 9 heteroatoms. The summed E-state index contributed by atoms with van der Waals surface area (Å²) >= 11 is 0. The molecular weight excluding hydrogens is 436 g/mol. The van der Waals surface area contributed by atoms with Gasteiger partial charge in [-0.3, -0.25) is 9.88 Å². The number of rotatable bonds is 10. The summed E-state index contributed by atoms with van der Waals surface area (Å²) in [6.45, 7) is 5.53. The van der Waals surface area contributed by atoms with Crippen LogP contribution in [0.5, 0.6) is 0 Å². The van der Waals surface area contributed by atoms with Crippen LogP contribution in [0.1, 0.15) is 37.7 Å². The normalized spacial score (nSPS) is 18.2. The summed E-state index contributed by atoms with van der Waals surface area (Å²) in [6.07, 6.45) is 9.60. The van der Waals surface area contributed by atoms with Gasteiger partial charge in [0.2, 0.25) is 10.0 Å². The fourth-order valence-corrected chi connectivity index (χ4v) is 5.53. The molecule has 0 spiro atoms. The largest absolute Gasteiger partial charge is 0.381 e. The Bertz CT molecular complexity index is 974. The third-order valence-corrected chi connectivity index (χ3v) is 7.89. The number of pyridine rings is 1. The maximum Gasteiger partial charge on any atom is 0.240 e. The molecule has 2 aliphatic rings. The molecule has 1 aromatic carbocycles. The minimum atomic E-state index is -3.59. The highest BCUT2D eigenvalue weighted by Crippen LogP contribution is 2.29. The first kappa shape index (κ1) is 23.9. The van der Waals surface area contributed by atoms with Crippen molar-refractivity contribution in [3.63, 3.8) is 0 Å². The lowest BCUT2D eigenvalue weighted by Gasteiger charge is -2.27. The number of nitrogens with one attached hydrogen (secondary N) is 4. The number of aromatic nitrogens is 1. The van der Waals surface area contributed by atoms with Crippen LogP contribution in [0, 0.1) is 0 Å². The van der Waals surface area contributed by atoms with Crippen molar-refractivity contribution in [2.75, 3.05) is 49.9 Å². The highest BCUT2D eigenvalue weighted by Gasteiger charge is 2.19. The molecule has 4 N–H and O–H groups in total. The molecule has 2 aromatic rings. The zero-order chi connectivity index (χ0) is 22.9. The van der Waals surface area contributed by atoms with Gasteiger partial charge in [-0.2, -0.15) is 0 Å². The number of nitrogens with zero attached hydrogens (tertiary/aromatic N) is 2. The molecular formula is C24H36N6O2S. The van der Waals surface area contributed by atoms with Crippen molar-refractivity contribution >= 4 is 21.4 Å². The van der Waals surface area contributed by atoms with Crippen LogP contribution in [-0.4, -0.2) is 63.6 Å². The van der Waals surface area contributed by atoms with Crippen LogP contribution < -0.4 is 20.7 Å². The Balaban J connectivity index is 1.45. The van der Waals surface area contributed by atoms with Crippen LogP contribution in [0.3, 0.4) is 0 Å². The van der Waals surface area contributed by atoms with E-state index < -0.39 is 10.0 Å². The topological polar surface area (TPSA) is 98.4 Å². The van der Waals surface area contributed by atoms with E-state index >= 15 is 0 Å². The lowest BCUT2D eigenvalue weighted by Crippen LogP contribution is -2.46. The van der Waals surface area contributed by atoms with Gasteiger partial charge >= 0.3 is 0 Å². The number of benzene rings is 1. The molecule has 0 radical (unpaired) electrons. The van der Waals surface area contributed by atoms with Crippen LogP contribution in [0.25, 0.3) is 0 Å². The summed E-state index contributed by atoms with van der Waals surface area (Å²) in [6, 6.07) is 9.70. The number of hydrogen-bond acceptors (Lipinski definition) is 7. The highest BCUT2D eigenvalue weighted by molar-refractivity contribution is 7.89. The summed E-state index contributed by atoms with van der Waals surface area (Å²) in [5.41, 5.74) is 2.86. The second-order valence-electron chi connectivity index (χ2n) is 8.89. The Morgan fingerprint density at radius 2 is 1.76 bits per heavy atom. The van der Waals surface area contributed by atoms with Gasteiger partial charge in [-0.05, 0) is 48.7 Å². The Kier molecular flexibility index (Phi) is 8.55. The first-order valence-corrected chi connectivity index (χ1v) is 13.5. The van der Waals surface area contributed by atoms with E-state index in [1.165, 1.54) is 19.3 Å². The van der Waals surface area contributed by atoms with Gasteiger partial charge in [0.05, 0.1) is 16.3 Å². The standard InChI is InChI=1S/C24H36N6O2S/c31-33(32,28-14-17-30-15-12-26-13-16-30)22-6-7-23(29-21-4-2-1-3-5-21)24(18-22)27-19-20-8-10-25-11-9-20/h6-11,18,21,26-29H,1-5,12-17,19H2. The summed E-state index contributed by atoms with van der Waals surface area (Å²) in [4.78, 5) is 6.63. The van der Waals surface area contributed by atoms with Gasteiger partial charge in [0, 0.05) is 64.2 Å². The van der Waals surface area contributed by atoms with Gasteiger partial charge in [-0.1, -0.05) is 19.3 Å². The van der Waals surface area contributed by atoms with E-state index in [1.54, 1.807) is 24.5 Å². The lowest BCUT2D eigenvalue weighted by molar-refractivity contribution is 0.245. The number of hydrogen-bond donors (Lipinski definition) is 4. The zero-order valence-electron chi connectivity index (χ0n) is 19.2. The fraction of sp³-hybridized carbons (Fsp3) is 0.542. The molecule has 180 valence electrons. The minimum absolute atomic E-state index is 0.286. The second-order valence-corrected chi connectivity index (χ2v) is 10.7. The van der Waals surface area contributed by atoms with Gasteiger partial charge in [0.1, 0.15) is 0 Å². The smallest absolute Gasteiger partial charge is 0.240 e. The van der Waals surface area contributed by atoms with E-state index in [0.717, 1.165) is 62.5 Å². The predicted octanol–water partition coefficient (Wildman–Crippen LogP) is 2.62. The average Bonchev–Trinajstić information content (AvgIpc) is 2.85. The van der Waals surface area contributed by atoms with Crippen molar-refractivity contribution in [1.82, 2.24) is 19.9 Å². The van der Waals surface area contributed by atoms with E-state index in [0.29, 0.717) is 19.1 Å². The molecule has 33 heavy (non-hydrogen) atoms. The molecule has 0 amide bonds. The minimum Gasteiger partial charge on any atom is -0.381 e.